The first-order chi connectivity index (χ1) is 11.6. The first kappa shape index (κ1) is 18.5. The van der Waals surface area contributed by atoms with Crippen molar-refractivity contribution in [1.29, 1.82) is 0 Å². The van der Waals surface area contributed by atoms with E-state index >= 15 is 0 Å². The maximum absolute atomic E-state index is 5.35. The van der Waals surface area contributed by atoms with Crippen molar-refractivity contribution in [2.45, 2.75) is 53.0 Å². The molecular formula is C19H28N4S. The Balaban J connectivity index is 1.68. The highest BCUT2D eigenvalue weighted by atomic mass is 32.1. The van der Waals surface area contributed by atoms with Crippen molar-refractivity contribution in [2.75, 3.05) is 11.9 Å². The van der Waals surface area contributed by atoms with Gasteiger partial charge >= 0.3 is 0 Å². The number of rotatable bonds is 8. The van der Waals surface area contributed by atoms with Crippen LogP contribution in [0.15, 0.2) is 30.3 Å². The average molecular weight is 345 g/mol. The Morgan fingerprint density at radius 1 is 1.17 bits per heavy atom. The standard InChI is InChI=1S/C19H28N4S/c1-4-5-7-17-8-10-18(11-9-17)21-19(24)20-12-6-13-23-16(3)14-15(2)22-23/h8-11,14H,4-7,12-13H2,1-3H3,(H2,20,21,24). The van der Waals surface area contributed by atoms with Crippen LogP contribution in [0, 0.1) is 13.8 Å². The zero-order valence-corrected chi connectivity index (χ0v) is 15.7. The van der Waals surface area contributed by atoms with E-state index in [4.69, 9.17) is 12.2 Å². The van der Waals surface area contributed by atoms with Gasteiger partial charge in [-0.2, -0.15) is 5.10 Å². The van der Waals surface area contributed by atoms with Gasteiger partial charge in [0.1, 0.15) is 0 Å². The third kappa shape index (κ3) is 5.96. The van der Waals surface area contributed by atoms with Gasteiger partial charge in [0.05, 0.1) is 5.69 Å². The van der Waals surface area contributed by atoms with Gasteiger partial charge in [-0.05, 0) is 69.1 Å². The summed E-state index contributed by atoms with van der Waals surface area (Å²) in [6.07, 6.45) is 4.60. The molecule has 1 heterocycles. The molecule has 0 unspecified atom stereocenters. The zero-order chi connectivity index (χ0) is 17.4. The smallest absolute Gasteiger partial charge is 0.170 e. The third-order valence-corrected chi connectivity index (χ3v) is 4.21. The molecule has 0 spiro atoms. The van der Waals surface area contributed by atoms with Gasteiger partial charge in [0.25, 0.3) is 0 Å². The lowest BCUT2D eigenvalue weighted by Crippen LogP contribution is -2.29. The van der Waals surface area contributed by atoms with Crippen molar-refractivity contribution in [3.05, 3.63) is 47.3 Å². The van der Waals surface area contributed by atoms with Gasteiger partial charge in [0.2, 0.25) is 0 Å². The van der Waals surface area contributed by atoms with Crippen molar-refractivity contribution in [3.8, 4) is 0 Å². The van der Waals surface area contributed by atoms with Gasteiger partial charge < -0.3 is 10.6 Å². The van der Waals surface area contributed by atoms with Crippen LogP contribution in [0.4, 0.5) is 5.69 Å². The quantitative estimate of drug-likeness (QED) is 0.556. The lowest BCUT2D eigenvalue weighted by atomic mass is 10.1. The highest BCUT2D eigenvalue weighted by Crippen LogP contribution is 2.11. The molecule has 0 saturated carbocycles. The van der Waals surface area contributed by atoms with E-state index in [-0.39, 0.29) is 0 Å². The molecule has 0 bridgehead atoms. The number of unbranched alkanes of at least 4 members (excludes halogenated alkanes) is 1. The van der Waals surface area contributed by atoms with Crippen LogP contribution < -0.4 is 10.6 Å². The fourth-order valence-corrected chi connectivity index (χ4v) is 2.86. The second-order valence-corrected chi connectivity index (χ2v) is 6.59. The minimum Gasteiger partial charge on any atom is -0.362 e. The van der Waals surface area contributed by atoms with E-state index in [0.717, 1.165) is 37.3 Å². The number of aromatic nitrogens is 2. The highest BCUT2D eigenvalue weighted by molar-refractivity contribution is 7.80. The number of anilines is 1. The van der Waals surface area contributed by atoms with Gasteiger partial charge in [-0.3, -0.25) is 4.68 Å². The lowest BCUT2D eigenvalue weighted by molar-refractivity contribution is 0.558. The fraction of sp³-hybridized carbons (Fsp3) is 0.474. The van der Waals surface area contributed by atoms with Crippen LogP contribution in [0.1, 0.15) is 43.1 Å². The van der Waals surface area contributed by atoms with Crippen molar-refractivity contribution in [2.24, 2.45) is 0 Å². The van der Waals surface area contributed by atoms with E-state index in [0.29, 0.717) is 5.11 Å². The van der Waals surface area contributed by atoms with Crippen LogP contribution in [-0.4, -0.2) is 21.4 Å². The van der Waals surface area contributed by atoms with Crippen molar-refractivity contribution >= 4 is 23.0 Å². The second kappa shape index (κ2) is 9.42. The van der Waals surface area contributed by atoms with E-state index in [9.17, 15) is 0 Å². The molecule has 130 valence electrons. The average Bonchev–Trinajstić information content (AvgIpc) is 2.88. The van der Waals surface area contributed by atoms with E-state index < -0.39 is 0 Å². The Labute approximate surface area is 150 Å². The molecule has 0 fully saturated rings. The van der Waals surface area contributed by atoms with E-state index in [1.807, 2.05) is 11.6 Å². The van der Waals surface area contributed by atoms with E-state index in [1.165, 1.54) is 24.1 Å². The number of nitrogens with one attached hydrogen (secondary N) is 2. The Kier molecular flexibility index (Phi) is 7.25. The van der Waals surface area contributed by atoms with Crippen LogP contribution in [-0.2, 0) is 13.0 Å². The Morgan fingerprint density at radius 3 is 2.54 bits per heavy atom. The van der Waals surface area contributed by atoms with Gasteiger partial charge in [-0.25, -0.2) is 0 Å². The normalized spacial score (nSPS) is 10.6. The summed E-state index contributed by atoms with van der Waals surface area (Å²) in [7, 11) is 0. The molecule has 2 N–H and O–H groups in total. The minimum atomic E-state index is 0.671. The SMILES string of the molecule is CCCCc1ccc(NC(=S)NCCCn2nc(C)cc2C)cc1. The van der Waals surface area contributed by atoms with Crippen LogP contribution in [0.3, 0.4) is 0 Å². The van der Waals surface area contributed by atoms with Crippen molar-refractivity contribution in [3.63, 3.8) is 0 Å². The summed E-state index contributed by atoms with van der Waals surface area (Å²) in [5.74, 6) is 0. The second-order valence-electron chi connectivity index (χ2n) is 6.19. The number of aryl methyl sites for hydroxylation is 4. The molecule has 0 saturated heterocycles. The highest BCUT2D eigenvalue weighted by Gasteiger charge is 2.01. The van der Waals surface area contributed by atoms with E-state index in [1.54, 1.807) is 0 Å². The molecule has 0 aliphatic heterocycles. The van der Waals surface area contributed by atoms with Crippen LogP contribution in [0.5, 0.6) is 0 Å². The molecule has 1 aromatic heterocycles. The van der Waals surface area contributed by atoms with Crippen LogP contribution in [0.2, 0.25) is 0 Å². The molecule has 4 nitrogen and oxygen atoms in total. The molecule has 0 radical (unpaired) electrons. The summed E-state index contributed by atoms with van der Waals surface area (Å²) in [5.41, 5.74) is 4.69. The summed E-state index contributed by atoms with van der Waals surface area (Å²) in [6, 6.07) is 10.6. The molecule has 0 aliphatic rings. The van der Waals surface area contributed by atoms with Crippen LogP contribution >= 0.6 is 12.2 Å². The lowest BCUT2D eigenvalue weighted by Gasteiger charge is -2.11. The fourth-order valence-electron chi connectivity index (χ4n) is 2.64. The number of hydrogen-bond acceptors (Lipinski definition) is 2. The maximum Gasteiger partial charge on any atom is 0.170 e. The van der Waals surface area contributed by atoms with Gasteiger partial charge in [0, 0.05) is 24.5 Å². The molecule has 1 aromatic carbocycles. The number of nitrogens with zero attached hydrogens (tertiary/aromatic N) is 2. The number of hydrogen-bond donors (Lipinski definition) is 2. The molecule has 5 heteroatoms. The molecule has 2 rings (SSSR count). The summed E-state index contributed by atoms with van der Waals surface area (Å²) in [6.45, 7) is 8.06. The summed E-state index contributed by atoms with van der Waals surface area (Å²) in [4.78, 5) is 0. The first-order valence-electron chi connectivity index (χ1n) is 8.73. The predicted molar refractivity (Wildman–Crippen MR) is 106 cm³/mol. The topological polar surface area (TPSA) is 41.9 Å². The molecule has 0 amide bonds. The summed E-state index contributed by atoms with van der Waals surface area (Å²) >= 11 is 5.35. The monoisotopic (exact) mass is 344 g/mol. The summed E-state index contributed by atoms with van der Waals surface area (Å²) < 4.78 is 2.04. The van der Waals surface area contributed by atoms with Crippen molar-refractivity contribution < 1.29 is 0 Å². The molecule has 24 heavy (non-hydrogen) atoms. The van der Waals surface area contributed by atoms with E-state index in [2.05, 4.69) is 59.9 Å². The van der Waals surface area contributed by atoms with Crippen LogP contribution in [0.25, 0.3) is 0 Å². The van der Waals surface area contributed by atoms with Gasteiger partial charge in [-0.15, -0.1) is 0 Å². The number of benzene rings is 1. The molecule has 0 atom stereocenters. The first-order valence-corrected chi connectivity index (χ1v) is 9.14. The van der Waals surface area contributed by atoms with Crippen molar-refractivity contribution in [1.82, 2.24) is 15.1 Å². The number of thiocarbonyl (C=S) groups is 1. The molecule has 0 aliphatic carbocycles. The Morgan fingerprint density at radius 2 is 1.92 bits per heavy atom. The Bertz CT molecular complexity index is 646. The molecular weight excluding hydrogens is 316 g/mol. The minimum absolute atomic E-state index is 0.671. The predicted octanol–water partition coefficient (Wildman–Crippen LogP) is 4.22. The largest absolute Gasteiger partial charge is 0.362 e. The van der Waals surface area contributed by atoms with Gasteiger partial charge in [0.15, 0.2) is 5.11 Å². The third-order valence-electron chi connectivity index (χ3n) is 3.97. The summed E-state index contributed by atoms with van der Waals surface area (Å²) in [5, 5.41) is 11.6. The maximum atomic E-state index is 5.35. The van der Waals surface area contributed by atoms with Gasteiger partial charge in [-0.1, -0.05) is 25.5 Å². The zero-order valence-electron chi connectivity index (χ0n) is 14.9. The Hall–Kier alpha value is -1.88. The molecule has 2 aromatic rings.